The second-order valence-electron chi connectivity index (χ2n) is 12.1. The van der Waals surface area contributed by atoms with Gasteiger partial charge in [-0.3, -0.25) is 29.0 Å². The van der Waals surface area contributed by atoms with Crippen LogP contribution in [0.2, 0.25) is 0 Å². The third-order valence-electron chi connectivity index (χ3n) is 9.98. The molecule has 4 aliphatic rings. The van der Waals surface area contributed by atoms with E-state index >= 15 is 0 Å². The molecule has 45 heavy (non-hydrogen) atoms. The second-order valence-corrected chi connectivity index (χ2v) is 12.1. The lowest BCUT2D eigenvalue weighted by Crippen LogP contribution is -2.43. The van der Waals surface area contributed by atoms with Crippen LogP contribution in [0, 0.1) is 29.6 Å². The van der Waals surface area contributed by atoms with Gasteiger partial charge in [-0.1, -0.05) is 67.3 Å². The standard InChI is InChI=1S/C37H32N2O6/c1-4-20-6-11-23(12-7-20)38-34(41)26-16-15-25-27(32(26)36(38)43)19-28-33(31(25)22-10-17-30(45-3)29(40)18-22)37(44)39(35(28)42)24-13-8-21(5-2)9-14-24/h4-15,17-18,26-28,31-33,40H,1-2,16,19H2,3H3/t26-,27+,28+,31-,32-,33+/m0/s1. The highest BCUT2D eigenvalue weighted by Gasteiger charge is 2.62. The van der Waals surface area contributed by atoms with E-state index in [0.717, 1.165) is 16.7 Å². The Kier molecular flexibility index (Phi) is 6.80. The normalized spacial score (nSPS) is 27.1. The lowest BCUT2D eigenvalue weighted by molar-refractivity contribution is -0.126. The number of hydrogen-bond donors (Lipinski definition) is 1. The first-order chi connectivity index (χ1) is 21.8. The van der Waals surface area contributed by atoms with Crippen molar-refractivity contribution in [3.63, 3.8) is 0 Å². The summed E-state index contributed by atoms with van der Waals surface area (Å²) in [5, 5.41) is 10.8. The average molecular weight is 601 g/mol. The van der Waals surface area contributed by atoms with Crippen LogP contribution < -0.4 is 14.5 Å². The fourth-order valence-electron chi connectivity index (χ4n) is 7.89. The van der Waals surface area contributed by atoms with Crippen molar-refractivity contribution in [1.82, 2.24) is 0 Å². The minimum Gasteiger partial charge on any atom is -0.504 e. The summed E-state index contributed by atoms with van der Waals surface area (Å²) in [5.41, 5.74) is 4.21. The van der Waals surface area contributed by atoms with Crippen LogP contribution in [0.3, 0.4) is 0 Å². The Labute approximate surface area is 260 Å². The number of imide groups is 2. The molecule has 6 atom stereocenters. The third kappa shape index (κ3) is 4.27. The molecule has 3 aromatic rings. The van der Waals surface area contributed by atoms with Crippen molar-refractivity contribution >= 4 is 47.2 Å². The van der Waals surface area contributed by atoms with Crippen LogP contribution in [-0.2, 0) is 19.2 Å². The van der Waals surface area contributed by atoms with E-state index in [1.54, 1.807) is 66.7 Å². The average Bonchev–Trinajstić information content (AvgIpc) is 3.47. The van der Waals surface area contributed by atoms with Gasteiger partial charge in [0.1, 0.15) is 0 Å². The zero-order chi connectivity index (χ0) is 31.6. The van der Waals surface area contributed by atoms with E-state index < -0.39 is 35.5 Å². The molecule has 3 fully saturated rings. The molecule has 8 nitrogen and oxygen atoms in total. The predicted molar refractivity (Wildman–Crippen MR) is 170 cm³/mol. The molecule has 4 amide bonds. The minimum atomic E-state index is -0.738. The van der Waals surface area contributed by atoms with Crippen molar-refractivity contribution in [3.05, 3.63) is 108 Å². The molecule has 2 aliphatic heterocycles. The lowest BCUT2D eigenvalue weighted by Gasteiger charge is -2.44. The lowest BCUT2D eigenvalue weighted by atomic mass is 9.57. The smallest absolute Gasteiger partial charge is 0.238 e. The number of carbonyl (C=O) groups excluding carboxylic acids is 4. The number of nitrogens with zero attached hydrogens (tertiary/aromatic N) is 2. The molecule has 7 rings (SSSR count). The van der Waals surface area contributed by atoms with Gasteiger partial charge in [-0.25, -0.2) is 0 Å². The van der Waals surface area contributed by atoms with Crippen molar-refractivity contribution in [2.45, 2.75) is 18.8 Å². The van der Waals surface area contributed by atoms with Gasteiger partial charge in [0.2, 0.25) is 23.6 Å². The Morgan fingerprint density at radius 2 is 1.29 bits per heavy atom. The number of methoxy groups -OCH3 is 1. The first kappa shape index (κ1) is 28.5. The SMILES string of the molecule is C=Cc1ccc(N2C(=O)[C@H]3[C@H](CC=C4[C@H]3C[C@H]3C(=O)N(c5ccc(C=C)cc5)C(=O)[C@H]3[C@H]4c3ccc(OC)c(O)c3)C2=O)cc1. The Balaban J connectivity index is 1.32. The summed E-state index contributed by atoms with van der Waals surface area (Å²) in [7, 11) is 1.46. The maximum absolute atomic E-state index is 14.2. The van der Waals surface area contributed by atoms with Gasteiger partial charge in [-0.15, -0.1) is 0 Å². The monoisotopic (exact) mass is 600 g/mol. The molecule has 1 N–H and O–H groups in total. The maximum Gasteiger partial charge on any atom is 0.238 e. The van der Waals surface area contributed by atoms with Crippen molar-refractivity contribution in [1.29, 1.82) is 0 Å². The van der Waals surface area contributed by atoms with Crippen LogP contribution in [0.1, 0.15) is 35.4 Å². The number of rotatable bonds is 6. The molecule has 8 heteroatoms. The van der Waals surface area contributed by atoms with E-state index in [4.69, 9.17) is 4.74 Å². The summed E-state index contributed by atoms with van der Waals surface area (Å²) in [6, 6.07) is 19.2. The van der Waals surface area contributed by atoms with Gasteiger partial charge in [-0.2, -0.15) is 0 Å². The number of allylic oxidation sites excluding steroid dienone is 2. The Morgan fingerprint density at radius 3 is 1.82 bits per heavy atom. The van der Waals surface area contributed by atoms with Crippen LogP contribution in [0.25, 0.3) is 12.2 Å². The van der Waals surface area contributed by atoms with Gasteiger partial charge in [0, 0.05) is 5.92 Å². The number of fused-ring (bicyclic) bond motifs is 4. The van der Waals surface area contributed by atoms with Gasteiger partial charge < -0.3 is 9.84 Å². The second kappa shape index (κ2) is 10.7. The van der Waals surface area contributed by atoms with E-state index in [2.05, 4.69) is 13.2 Å². The van der Waals surface area contributed by atoms with Crippen LogP contribution in [0.4, 0.5) is 11.4 Å². The largest absolute Gasteiger partial charge is 0.504 e. The Bertz CT molecular complexity index is 1810. The van der Waals surface area contributed by atoms with Crippen molar-refractivity contribution in [2.75, 3.05) is 16.9 Å². The fourth-order valence-corrected chi connectivity index (χ4v) is 7.89. The molecular formula is C37H32N2O6. The fraction of sp³-hybridized carbons (Fsp3) is 0.243. The van der Waals surface area contributed by atoms with Gasteiger partial charge in [0.05, 0.1) is 42.2 Å². The zero-order valence-corrected chi connectivity index (χ0v) is 24.8. The number of amides is 4. The molecule has 226 valence electrons. The third-order valence-corrected chi connectivity index (χ3v) is 9.98. The Morgan fingerprint density at radius 1 is 0.733 bits per heavy atom. The van der Waals surface area contributed by atoms with Crippen LogP contribution in [0.5, 0.6) is 11.5 Å². The van der Waals surface area contributed by atoms with Gasteiger partial charge in [0.15, 0.2) is 11.5 Å². The van der Waals surface area contributed by atoms with Crippen LogP contribution in [-0.4, -0.2) is 35.8 Å². The van der Waals surface area contributed by atoms with Crippen molar-refractivity contribution in [3.8, 4) is 11.5 Å². The predicted octanol–water partition coefficient (Wildman–Crippen LogP) is 5.73. The molecule has 2 heterocycles. The summed E-state index contributed by atoms with van der Waals surface area (Å²) in [5.74, 6) is -4.71. The highest BCUT2D eigenvalue weighted by Crippen LogP contribution is 2.58. The summed E-state index contributed by atoms with van der Waals surface area (Å²) in [6.45, 7) is 7.55. The first-order valence-corrected chi connectivity index (χ1v) is 15.0. The van der Waals surface area contributed by atoms with E-state index in [1.807, 2.05) is 18.2 Å². The molecule has 0 radical (unpaired) electrons. The van der Waals surface area contributed by atoms with Gasteiger partial charge in [0.25, 0.3) is 0 Å². The number of aromatic hydroxyl groups is 1. The van der Waals surface area contributed by atoms with Crippen LogP contribution in [0.15, 0.2) is 91.5 Å². The molecule has 2 aliphatic carbocycles. The quantitative estimate of drug-likeness (QED) is 0.286. The van der Waals surface area contributed by atoms with E-state index in [1.165, 1.54) is 16.9 Å². The summed E-state index contributed by atoms with van der Waals surface area (Å²) in [6.07, 6.45) is 5.98. The highest BCUT2D eigenvalue weighted by molar-refractivity contribution is 6.24. The van der Waals surface area contributed by atoms with Crippen LogP contribution >= 0.6 is 0 Å². The highest BCUT2D eigenvalue weighted by atomic mass is 16.5. The maximum atomic E-state index is 14.2. The number of hydrogen-bond acceptors (Lipinski definition) is 6. The van der Waals surface area contributed by atoms with Gasteiger partial charge >= 0.3 is 0 Å². The minimum absolute atomic E-state index is 0.0853. The zero-order valence-electron chi connectivity index (χ0n) is 24.8. The van der Waals surface area contributed by atoms with E-state index in [0.29, 0.717) is 23.4 Å². The first-order valence-electron chi connectivity index (χ1n) is 15.0. The number of benzene rings is 3. The number of carbonyl (C=O) groups is 4. The molecule has 0 bridgehead atoms. The molecule has 2 saturated heterocycles. The van der Waals surface area contributed by atoms with Crippen molar-refractivity contribution in [2.24, 2.45) is 29.6 Å². The summed E-state index contributed by atoms with van der Waals surface area (Å²) < 4.78 is 5.27. The van der Waals surface area contributed by atoms with E-state index in [-0.39, 0.29) is 41.5 Å². The number of ether oxygens (including phenoxy) is 1. The van der Waals surface area contributed by atoms with Crippen molar-refractivity contribution < 1.29 is 29.0 Å². The Hall–Kier alpha value is -5.24. The number of phenolic OH excluding ortho intramolecular Hbond substituents is 1. The molecule has 0 spiro atoms. The summed E-state index contributed by atoms with van der Waals surface area (Å²) >= 11 is 0. The summed E-state index contributed by atoms with van der Waals surface area (Å²) in [4.78, 5) is 58.8. The molecule has 3 aromatic carbocycles. The molecule has 0 aromatic heterocycles. The molecule has 0 unspecified atom stereocenters. The van der Waals surface area contributed by atoms with E-state index in [9.17, 15) is 24.3 Å². The number of phenols is 1. The number of anilines is 2. The molecular weight excluding hydrogens is 568 g/mol. The van der Waals surface area contributed by atoms with Gasteiger partial charge in [-0.05, 0) is 71.8 Å². The molecule has 1 saturated carbocycles. The topological polar surface area (TPSA) is 104 Å².